The van der Waals surface area contributed by atoms with Gasteiger partial charge in [0.05, 0.1) is 11.2 Å². The number of nitrogens with zero attached hydrogens (tertiary/aromatic N) is 3. The number of halogens is 4. The summed E-state index contributed by atoms with van der Waals surface area (Å²) in [5, 5.41) is 3.48. The molecule has 0 unspecified atom stereocenters. The van der Waals surface area contributed by atoms with Crippen LogP contribution in [0.15, 0.2) is 41.0 Å². The molecule has 0 radical (unpaired) electrons. The van der Waals surface area contributed by atoms with E-state index in [1.807, 2.05) is 0 Å². The van der Waals surface area contributed by atoms with Gasteiger partial charge in [0.25, 0.3) is 0 Å². The van der Waals surface area contributed by atoms with E-state index in [9.17, 15) is 21.8 Å². The van der Waals surface area contributed by atoms with E-state index in [1.165, 1.54) is 18.6 Å². The number of hydrogen-bond acceptors (Lipinski definition) is 7. The highest BCUT2D eigenvalue weighted by Gasteiger charge is 2.38. The molecule has 3 rings (SSSR count). The van der Waals surface area contributed by atoms with Gasteiger partial charge in [-0.2, -0.15) is 23.8 Å². The Hall–Kier alpha value is -2.95. The predicted octanol–water partition coefficient (Wildman–Crippen LogP) is 5.56. The molecule has 0 spiro atoms. The highest BCUT2D eigenvalue weighted by molar-refractivity contribution is 7.74. The SMILES string of the molecule is Cc1cc(N=[S-](C)=O)cc2ncnc(Nc3ccc(F)cc3O[C@@H](C)C(F)(F)F)c12. The van der Waals surface area contributed by atoms with E-state index in [1.54, 1.807) is 19.1 Å². The van der Waals surface area contributed by atoms with Crippen LogP contribution in [-0.4, -0.2) is 28.5 Å². The molecule has 0 aliphatic heterocycles. The molecule has 0 aliphatic carbocycles. The van der Waals surface area contributed by atoms with Crippen molar-refractivity contribution in [3.63, 3.8) is 0 Å². The van der Waals surface area contributed by atoms with Crippen molar-refractivity contribution >= 4 is 38.7 Å². The quantitative estimate of drug-likeness (QED) is 0.414. The maximum Gasteiger partial charge on any atom is 0.425 e. The monoisotopic (exact) mass is 441 g/mol. The molecule has 1 atom stereocenters. The number of rotatable bonds is 5. The number of fused-ring (bicyclic) bond motifs is 1. The molecular formula is C19H17F4N4O2S-. The van der Waals surface area contributed by atoms with Gasteiger partial charge in [-0.05, 0) is 43.7 Å². The standard InChI is InChI=1S/C19H17F4N4O2S/c1-10-6-13(27-30(3)28)8-15-17(10)18(25-9-24-15)26-14-5-4-12(20)7-16(14)29-11(2)19(21,22)23/h4-9,11H,1-3H3,(H,24,25,26)/q-1/t11-/m0/s1. The van der Waals surface area contributed by atoms with Crippen LogP contribution in [0.3, 0.4) is 0 Å². The molecule has 0 saturated heterocycles. The third kappa shape index (κ3) is 4.96. The number of benzene rings is 2. The largest absolute Gasteiger partial charge is 0.479 e. The van der Waals surface area contributed by atoms with Crippen molar-refractivity contribution < 1.29 is 26.5 Å². The van der Waals surface area contributed by atoms with E-state index in [-0.39, 0.29) is 17.3 Å². The van der Waals surface area contributed by atoms with Gasteiger partial charge in [-0.15, -0.1) is 6.26 Å². The first-order chi connectivity index (χ1) is 14.0. The van der Waals surface area contributed by atoms with Gasteiger partial charge < -0.3 is 18.6 Å². The van der Waals surface area contributed by atoms with Gasteiger partial charge in [0.1, 0.15) is 23.7 Å². The zero-order chi connectivity index (χ0) is 22.1. The molecule has 1 N–H and O–H groups in total. The van der Waals surface area contributed by atoms with E-state index >= 15 is 0 Å². The molecule has 0 aliphatic rings. The topological polar surface area (TPSA) is 76.5 Å². The average Bonchev–Trinajstić information content (AvgIpc) is 2.62. The Morgan fingerprint density at radius 3 is 2.60 bits per heavy atom. The van der Waals surface area contributed by atoms with Crippen LogP contribution in [0.4, 0.5) is 34.8 Å². The van der Waals surface area contributed by atoms with Crippen LogP contribution < -0.4 is 10.1 Å². The number of aromatic nitrogens is 2. The Kier molecular flexibility index (Phi) is 6.11. The lowest BCUT2D eigenvalue weighted by molar-refractivity contribution is -0.189. The summed E-state index contributed by atoms with van der Waals surface area (Å²) in [5.41, 5.74) is 1.77. The van der Waals surface area contributed by atoms with Crippen molar-refractivity contribution in [1.29, 1.82) is 0 Å². The van der Waals surface area contributed by atoms with E-state index < -0.39 is 28.7 Å². The highest BCUT2D eigenvalue weighted by Crippen LogP contribution is 2.35. The molecule has 0 saturated carbocycles. The van der Waals surface area contributed by atoms with Gasteiger partial charge in [0, 0.05) is 17.1 Å². The van der Waals surface area contributed by atoms with Crippen molar-refractivity contribution in [2.45, 2.75) is 26.1 Å². The Labute approximate surface area is 171 Å². The van der Waals surface area contributed by atoms with E-state index in [0.29, 0.717) is 22.2 Å². The van der Waals surface area contributed by atoms with Gasteiger partial charge in [-0.25, -0.2) is 14.4 Å². The zero-order valence-electron chi connectivity index (χ0n) is 16.1. The second kappa shape index (κ2) is 8.42. The molecule has 0 bridgehead atoms. The molecule has 2 aromatic carbocycles. The summed E-state index contributed by atoms with van der Waals surface area (Å²) in [6, 6.07) is 6.53. The molecule has 1 heterocycles. The summed E-state index contributed by atoms with van der Waals surface area (Å²) in [6.45, 7) is 2.60. The smallest absolute Gasteiger partial charge is 0.425 e. The van der Waals surface area contributed by atoms with Crippen molar-refractivity contribution in [1.82, 2.24) is 9.97 Å². The van der Waals surface area contributed by atoms with Crippen molar-refractivity contribution in [2.24, 2.45) is 4.36 Å². The molecule has 0 amide bonds. The number of nitrogens with one attached hydrogen (secondary N) is 1. The highest BCUT2D eigenvalue weighted by atomic mass is 32.2. The number of alkyl halides is 3. The second-order valence-electron chi connectivity index (χ2n) is 6.46. The minimum absolute atomic E-state index is 0.107. The van der Waals surface area contributed by atoms with Gasteiger partial charge in [-0.3, -0.25) is 0 Å². The number of aryl methyl sites for hydroxylation is 1. The number of anilines is 2. The Morgan fingerprint density at radius 2 is 1.93 bits per heavy atom. The Morgan fingerprint density at radius 1 is 1.20 bits per heavy atom. The fraction of sp³-hybridized carbons (Fsp3) is 0.263. The Bertz CT molecular complexity index is 1180. The number of hydrogen-bond donors (Lipinski definition) is 1. The second-order valence-corrected chi connectivity index (χ2v) is 7.49. The number of ether oxygens (including phenoxy) is 1. The molecule has 11 heteroatoms. The van der Waals surface area contributed by atoms with Crippen LogP contribution in [0.1, 0.15) is 12.5 Å². The first-order valence-electron chi connectivity index (χ1n) is 8.65. The molecule has 6 nitrogen and oxygen atoms in total. The molecule has 0 fully saturated rings. The summed E-state index contributed by atoms with van der Waals surface area (Å²) in [6.07, 6.45) is -4.05. The van der Waals surface area contributed by atoms with Gasteiger partial charge in [-0.1, -0.05) is 0 Å². The minimum Gasteiger partial charge on any atom is -0.479 e. The van der Waals surface area contributed by atoms with Crippen LogP contribution in [0.2, 0.25) is 0 Å². The van der Waals surface area contributed by atoms with Crippen molar-refractivity contribution in [3.8, 4) is 5.75 Å². The van der Waals surface area contributed by atoms with Crippen LogP contribution in [0, 0.1) is 12.7 Å². The molecule has 3 aromatic rings. The van der Waals surface area contributed by atoms with Crippen LogP contribution in [0.25, 0.3) is 10.9 Å². The average molecular weight is 441 g/mol. The van der Waals surface area contributed by atoms with Gasteiger partial charge >= 0.3 is 6.18 Å². The molecule has 160 valence electrons. The van der Waals surface area contributed by atoms with Crippen LogP contribution in [-0.2, 0) is 14.8 Å². The summed E-state index contributed by atoms with van der Waals surface area (Å²) >= 11 is 0. The Balaban J connectivity index is 2.05. The first kappa shape index (κ1) is 21.8. The third-order valence-corrected chi connectivity index (χ3v) is 4.58. The molecule has 1 aromatic heterocycles. The third-order valence-electron chi connectivity index (χ3n) is 4.12. The van der Waals surface area contributed by atoms with Crippen molar-refractivity contribution in [2.75, 3.05) is 11.6 Å². The van der Waals surface area contributed by atoms with E-state index in [0.717, 1.165) is 19.1 Å². The maximum absolute atomic E-state index is 13.6. The normalized spacial score (nSPS) is 14.0. The fourth-order valence-electron chi connectivity index (χ4n) is 2.75. The van der Waals surface area contributed by atoms with Crippen molar-refractivity contribution in [3.05, 3.63) is 48.0 Å². The van der Waals surface area contributed by atoms with Gasteiger partial charge in [0.2, 0.25) is 0 Å². The van der Waals surface area contributed by atoms with E-state index in [4.69, 9.17) is 4.74 Å². The van der Waals surface area contributed by atoms with Crippen LogP contribution in [0.5, 0.6) is 5.75 Å². The molecule has 30 heavy (non-hydrogen) atoms. The lowest BCUT2D eigenvalue weighted by Crippen LogP contribution is -2.31. The lowest BCUT2D eigenvalue weighted by Gasteiger charge is -2.20. The predicted molar refractivity (Wildman–Crippen MR) is 106 cm³/mol. The maximum atomic E-state index is 13.6. The summed E-state index contributed by atoms with van der Waals surface area (Å²) in [7, 11) is -1.40. The summed E-state index contributed by atoms with van der Waals surface area (Å²) in [4.78, 5) is 8.34. The summed E-state index contributed by atoms with van der Waals surface area (Å²) < 4.78 is 72.6. The zero-order valence-corrected chi connectivity index (χ0v) is 16.9. The minimum atomic E-state index is -4.61. The summed E-state index contributed by atoms with van der Waals surface area (Å²) in [5.74, 6) is -0.762. The van der Waals surface area contributed by atoms with Crippen LogP contribution >= 0.6 is 0 Å². The molecular weight excluding hydrogens is 424 g/mol. The van der Waals surface area contributed by atoms with Gasteiger partial charge in [0.15, 0.2) is 6.10 Å². The fourth-order valence-corrected chi connectivity index (χ4v) is 3.15. The van der Waals surface area contributed by atoms with E-state index in [2.05, 4.69) is 19.6 Å². The lowest BCUT2D eigenvalue weighted by atomic mass is 10.1. The first-order valence-corrected chi connectivity index (χ1v) is 10.2.